The average Bonchev–Trinajstić information content (AvgIpc) is 3.78. The lowest BCUT2D eigenvalue weighted by atomic mass is 9.91. The van der Waals surface area contributed by atoms with Crippen LogP contribution in [0.1, 0.15) is 31.7 Å². The van der Waals surface area contributed by atoms with Gasteiger partial charge in [0.1, 0.15) is 23.9 Å². The van der Waals surface area contributed by atoms with E-state index in [4.69, 9.17) is 28.3 Å². The van der Waals surface area contributed by atoms with Crippen molar-refractivity contribution < 1.29 is 41.1 Å². The number of nitrogens with one attached hydrogen (secondary N) is 1. The van der Waals surface area contributed by atoms with Gasteiger partial charge in [0.15, 0.2) is 5.03 Å². The molecule has 6 rings (SSSR count). The summed E-state index contributed by atoms with van der Waals surface area (Å²) in [5.74, 6) is -3.80. The maximum absolute atomic E-state index is 14.5. The molecular weight excluding hydrogens is 738 g/mol. The molecule has 4 aromatic rings. The fourth-order valence-electron chi connectivity index (χ4n) is 6.38. The standard InChI is InChI=1S/C32H28Cl2F3N7O6S/c1-31(13-18-4-6-19(7-5-18)20-14-38-17-39-15-20)29(48)43(23-10-21(33)9-22(34)11-23)30-40-16-26(44(30)31)51(49,50)42-8-2-3-24(42)28(47)41-25(12-27(45)46)32(35,36)37/h4-7,9-11,14-17,24-25H,2-3,8,12-13H2,1H3,(H,41,47)(H,45,46). The molecule has 2 aromatic carbocycles. The Kier molecular flexibility index (Phi) is 9.60. The molecule has 2 aliphatic heterocycles. The summed E-state index contributed by atoms with van der Waals surface area (Å²) in [5, 5.41) is 10.5. The van der Waals surface area contributed by atoms with E-state index >= 15 is 0 Å². The third-order valence-corrected chi connectivity index (χ3v) is 11.0. The zero-order chi connectivity index (χ0) is 36.9. The Morgan fingerprint density at radius 3 is 2.31 bits per heavy atom. The molecule has 4 heterocycles. The first-order valence-corrected chi connectivity index (χ1v) is 17.5. The first-order valence-electron chi connectivity index (χ1n) is 15.3. The fraction of sp³-hybridized carbons (Fsp3) is 0.312. The molecule has 3 unspecified atom stereocenters. The lowest BCUT2D eigenvalue weighted by molar-refractivity contribution is -0.170. The number of sulfonamides is 1. The van der Waals surface area contributed by atoms with E-state index in [0.29, 0.717) is 5.56 Å². The van der Waals surface area contributed by atoms with Gasteiger partial charge in [0.25, 0.3) is 15.9 Å². The van der Waals surface area contributed by atoms with Gasteiger partial charge < -0.3 is 10.4 Å². The number of halogens is 5. The lowest BCUT2D eigenvalue weighted by Crippen LogP contribution is -2.53. The molecule has 1 saturated heterocycles. The normalized spacial score (nSPS) is 20.0. The maximum Gasteiger partial charge on any atom is 0.409 e. The minimum Gasteiger partial charge on any atom is -0.481 e. The lowest BCUT2D eigenvalue weighted by Gasteiger charge is -2.29. The number of imidazole rings is 1. The van der Waals surface area contributed by atoms with Gasteiger partial charge in [-0.2, -0.15) is 17.5 Å². The van der Waals surface area contributed by atoms with Crippen molar-refractivity contribution in [3.63, 3.8) is 0 Å². The van der Waals surface area contributed by atoms with Gasteiger partial charge in [-0.1, -0.05) is 47.5 Å². The Bertz CT molecular complexity index is 2100. The van der Waals surface area contributed by atoms with Gasteiger partial charge in [0.2, 0.25) is 11.9 Å². The zero-order valence-electron chi connectivity index (χ0n) is 26.5. The highest BCUT2D eigenvalue weighted by Gasteiger charge is 2.54. The van der Waals surface area contributed by atoms with Gasteiger partial charge in [0.05, 0.1) is 18.3 Å². The smallest absolute Gasteiger partial charge is 0.409 e. The first-order chi connectivity index (χ1) is 24.0. The largest absolute Gasteiger partial charge is 0.481 e. The third-order valence-electron chi connectivity index (χ3n) is 8.74. The second kappa shape index (κ2) is 13.5. The Hall–Kier alpha value is -4.58. The van der Waals surface area contributed by atoms with Crippen LogP contribution in [-0.4, -0.2) is 79.9 Å². The van der Waals surface area contributed by atoms with Crippen molar-refractivity contribution in [3.8, 4) is 11.1 Å². The van der Waals surface area contributed by atoms with Crippen molar-refractivity contribution in [3.05, 3.63) is 83.0 Å². The van der Waals surface area contributed by atoms with E-state index in [1.54, 1.807) is 42.0 Å². The molecule has 51 heavy (non-hydrogen) atoms. The minimum atomic E-state index is -5.11. The van der Waals surface area contributed by atoms with Crippen LogP contribution < -0.4 is 10.2 Å². The average molecular weight is 767 g/mol. The molecule has 268 valence electrons. The van der Waals surface area contributed by atoms with E-state index in [1.165, 1.54) is 40.9 Å². The second-order valence-electron chi connectivity index (χ2n) is 12.2. The third kappa shape index (κ3) is 6.90. The van der Waals surface area contributed by atoms with Gasteiger partial charge in [-0.3, -0.25) is 19.0 Å². The summed E-state index contributed by atoms with van der Waals surface area (Å²) in [5.41, 5.74) is 0.719. The summed E-state index contributed by atoms with van der Waals surface area (Å²) < 4.78 is 71.6. The molecular formula is C32H28Cl2F3N7O6S. The number of benzene rings is 2. The second-order valence-corrected chi connectivity index (χ2v) is 15.0. The Labute approximate surface area is 299 Å². The molecule has 0 spiro atoms. The number of alkyl halides is 3. The van der Waals surface area contributed by atoms with Crippen LogP contribution in [0.25, 0.3) is 11.1 Å². The number of aromatic nitrogens is 4. The van der Waals surface area contributed by atoms with E-state index in [2.05, 4.69) is 15.0 Å². The Balaban J connectivity index is 1.40. The molecule has 0 aliphatic carbocycles. The number of aliphatic carboxylic acids is 1. The zero-order valence-corrected chi connectivity index (χ0v) is 28.8. The number of carbonyl (C=O) groups excluding carboxylic acids is 2. The van der Waals surface area contributed by atoms with Crippen molar-refractivity contribution in [2.45, 2.75) is 61.4 Å². The maximum atomic E-state index is 14.5. The number of hydrogen-bond acceptors (Lipinski definition) is 8. The number of fused-ring (bicyclic) bond motifs is 1. The van der Waals surface area contributed by atoms with Gasteiger partial charge in [0, 0.05) is 41.0 Å². The summed E-state index contributed by atoms with van der Waals surface area (Å²) in [7, 11) is -4.73. The number of rotatable bonds is 10. The topological polar surface area (TPSA) is 168 Å². The summed E-state index contributed by atoms with van der Waals surface area (Å²) in [4.78, 5) is 52.3. The van der Waals surface area contributed by atoms with Crippen LogP contribution in [0.3, 0.4) is 0 Å². The number of carbonyl (C=O) groups is 3. The molecule has 19 heteroatoms. The van der Waals surface area contributed by atoms with Crippen LogP contribution in [0.2, 0.25) is 10.0 Å². The highest BCUT2D eigenvalue weighted by atomic mass is 35.5. The number of hydrogen-bond donors (Lipinski definition) is 2. The molecule has 0 saturated carbocycles. The van der Waals surface area contributed by atoms with Crippen molar-refractivity contribution in [1.82, 2.24) is 29.1 Å². The number of amides is 2. The van der Waals surface area contributed by atoms with Gasteiger partial charge in [-0.05, 0) is 49.1 Å². The predicted octanol–water partition coefficient (Wildman–Crippen LogP) is 4.96. The van der Waals surface area contributed by atoms with Crippen LogP contribution in [0.15, 0.2) is 72.4 Å². The van der Waals surface area contributed by atoms with Crippen molar-refractivity contribution in [2.24, 2.45) is 0 Å². The Morgan fingerprint density at radius 2 is 1.71 bits per heavy atom. The molecule has 2 aliphatic rings. The summed E-state index contributed by atoms with van der Waals surface area (Å²) in [6.07, 6.45) is -0.930. The summed E-state index contributed by atoms with van der Waals surface area (Å²) >= 11 is 12.5. The number of anilines is 2. The molecule has 3 atom stereocenters. The molecule has 0 bridgehead atoms. The van der Waals surface area contributed by atoms with Crippen molar-refractivity contribution in [2.75, 3.05) is 11.4 Å². The molecule has 2 amide bonds. The van der Waals surface area contributed by atoms with Crippen LogP contribution in [0.4, 0.5) is 24.8 Å². The Morgan fingerprint density at radius 1 is 1.06 bits per heavy atom. The van der Waals surface area contributed by atoms with Crippen LogP contribution in [-0.2, 0) is 36.4 Å². The molecule has 1 fully saturated rings. The fourth-order valence-corrected chi connectivity index (χ4v) is 8.74. The van der Waals surface area contributed by atoms with Gasteiger partial charge in [-0.25, -0.2) is 28.3 Å². The van der Waals surface area contributed by atoms with E-state index in [1.807, 2.05) is 0 Å². The molecule has 2 N–H and O–H groups in total. The molecule has 13 nitrogen and oxygen atoms in total. The van der Waals surface area contributed by atoms with E-state index in [0.717, 1.165) is 21.6 Å². The van der Waals surface area contributed by atoms with E-state index < -0.39 is 63.1 Å². The highest BCUT2D eigenvalue weighted by molar-refractivity contribution is 7.89. The van der Waals surface area contributed by atoms with E-state index in [-0.39, 0.29) is 47.5 Å². The van der Waals surface area contributed by atoms with Gasteiger partial charge in [-0.15, -0.1) is 0 Å². The first kappa shape index (κ1) is 36.2. The molecule has 0 radical (unpaired) electrons. The van der Waals surface area contributed by atoms with Crippen LogP contribution >= 0.6 is 23.2 Å². The predicted molar refractivity (Wildman–Crippen MR) is 178 cm³/mol. The summed E-state index contributed by atoms with van der Waals surface area (Å²) in [6, 6.07) is 7.14. The van der Waals surface area contributed by atoms with Crippen molar-refractivity contribution >= 4 is 62.6 Å². The highest BCUT2D eigenvalue weighted by Crippen LogP contribution is 2.45. The quantitative estimate of drug-likeness (QED) is 0.227. The number of carboxylic acid groups (broad SMARTS) is 1. The molecule has 2 aromatic heterocycles. The van der Waals surface area contributed by atoms with Crippen molar-refractivity contribution in [1.29, 1.82) is 0 Å². The SMILES string of the molecule is CC1(Cc2ccc(-c3cncnc3)cc2)C(=O)N(c2cc(Cl)cc(Cl)c2)c2ncc(S(=O)(=O)N3CCCC3C(=O)NC(CC(=O)O)C(F)(F)F)n21. The number of nitrogens with zero attached hydrogens (tertiary/aromatic N) is 6. The van der Waals surface area contributed by atoms with E-state index in [9.17, 15) is 36.0 Å². The van der Waals surface area contributed by atoms with Gasteiger partial charge >= 0.3 is 12.1 Å². The monoisotopic (exact) mass is 765 g/mol. The van der Waals surface area contributed by atoms with Crippen LogP contribution in [0.5, 0.6) is 0 Å². The minimum absolute atomic E-state index is 0.0412. The summed E-state index contributed by atoms with van der Waals surface area (Å²) in [6.45, 7) is 1.29. The number of carboxylic acids is 1. The van der Waals surface area contributed by atoms with Crippen LogP contribution in [0, 0.1) is 0 Å².